The van der Waals surface area contributed by atoms with Crippen LogP contribution in [-0.2, 0) is 15.5 Å². The molecule has 0 radical (unpaired) electrons. The zero-order chi connectivity index (χ0) is 11.4. The van der Waals surface area contributed by atoms with E-state index in [9.17, 15) is 8.60 Å². The van der Waals surface area contributed by atoms with E-state index in [2.05, 4.69) is 0 Å². The summed E-state index contributed by atoms with van der Waals surface area (Å²) >= 11 is 0. The number of anilines is 1. The summed E-state index contributed by atoms with van der Waals surface area (Å²) in [5.74, 6) is -0.531. The molecule has 0 aliphatic carbocycles. The second kappa shape index (κ2) is 5.23. The van der Waals surface area contributed by atoms with Gasteiger partial charge in [-0.2, -0.15) is 0 Å². The Morgan fingerprint density at radius 3 is 2.80 bits per heavy atom. The maximum Gasteiger partial charge on any atom is 0.141 e. The van der Waals surface area contributed by atoms with Crippen molar-refractivity contribution in [3.8, 4) is 0 Å². The van der Waals surface area contributed by atoms with Gasteiger partial charge < -0.3 is 10.5 Å². The van der Waals surface area contributed by atoms with Gasteiger partial charge in [-0.25, -0.2) is 4.39 Å². The quantitative estimate of drug-likeness (QED) is 0.800. The second-order valence-corrected chi connectivity index (χ2v) is 5.09. The molecule has 0 spiro atoms. The third-order valence-electron chi connectivity index (χ3n) is 1.94. The molecule has 5 heteroatoms. The molecule has 1 aromatic carbocycles. The Morgan fingerprint density at radius 2 is 2.27 bits per heavy atom. The molecule has 0 bridgehead atoms. The summed E-state index contributed by atoms with van der Waals surface area (Å²) in [5.41, 5.74) is 5.73. The average molecular weight is 231 g/mol. The molecule has 2 unspecified atom stereocenters. The van der Waals surface area contributed by atoms with Crippen LogP contribution in [0.15, 0.2) is 23.1 Å². The molecule has 2 N–H and O–H groups in total. The van der Waals surface area contributed by atoms with Crippen molar-refractivity contribution < 1.29 is 13.3 Å². The number of rotatable bonds is 4. The number of hydrogen-bond acceptors (Lipinski definition) is 3. The van der Waals surface area contributed by atoms with E-state index in [0.29, 0.717) is 12.3 Å². The number of halogens is 1. The van der Waals surface area contributed by atoms with Crippen molar-refractivity contribution in [2.24, 2.45) is 0 Å². The predicted molar refractivity (Wildman–Crippen MR) is 58.6 cm³/mol. The molecule has 0 saturated carbocycles. The molecule has 0 aliphatic rings. The molecule has 2 atom stereocenters. The summed E-state index contributed by atoms with van der Waals surface area (Å²) in [4.78, 5) is 0.175. The Bertz CT molecular complexity index is 370. The molecule has 0 aromatic heterocycles. The van der Waals surface area contributed by atoms with Crippen LogP contribution in [0.25, 0.3) is 0 Å². The first-order valence-electron chi connectivity index (χ1n) is 4.50. The molecule has 0 saturated heterocycles. The van der Waals surface area contributed by atoms with Crippen molar-refractivity contribution in [1.29, 1.82) is 0 Å². The number of nitrogen functional groups attached to an aromatic ring is 1. The Labute approximate surface area is 90.9 Å². The van der Waals surface area contributed by atoms with E-state index in [0.717, 1.165) is 0 Å². The maximum atomic E-state index is 13.4. The zero-order valence-corrected chi connectivity index (χ0v) is 9.51. The van der Waals surface area contributed by atoms with Crippen molar-refractivity contribution in [2.75, 3.05) is 19.5 Å². The van der Waals surface area contributed by atoms with Crippen LogP contribution < -0.4 is 5.73 Å². The third-order valence-corrected chi connectivity index (χ3v) is 3.57. The fourth-order valence-electron chi connectivity index (χ4n) is 1.19. The average Bonchev–Trinajstić information content (AvgIpc) is 2.17. The zero-order valence-electron chi connectivity index (χ0n) is 8.70. The largest absolute Gasteiger partial charge is 0.399 e. The monoisotopic (exact) mass is 231 g/mol. The van der Waals surface area contributed by atoms with Crippen LogP contribution in [0.5, 0.6) is 0 Å². The predicted octanol–water partition coefficient (Wildman–Crippen LogP) is 1.55. The van der Waals surface area contributed by atoms with E-state index in [1.165, 1.54) is 25.3 Å². The minimum absolute atomic E-state index is 0.175. The Kier molecular flexibility index (Phi) is 4.23. The van der Waals surface area contributed by atoms with Crippen LogP contribution in [0, 0.1) is 5.82 Å². The molecule has 0 amide bonds. The first kappa shape index (κ1) is 12.1. The Morgan fingerprint density at radius 1 is 1.60 bits per heavy atom. The van der Waals surface area contributed by atoms with Crippen LogP contribution in [0.3, 0.4) is 0 Å². The highest BCUT2D eigenvalue weighted by Gasteiger charge is 2.16. The molecule has 3 nitrogen and oxygen atoms in total. The SMILES string of the molecule is COCC(C)S(=O)c1ccc(N)cc1F. The van der Waals surface area contributed by atoms with Crippen molar-refractivity contribution in [3.63, 3.8) is 0 Å². The number of nitrogens with two attached hydrogens (primary N) is 1. The van der Waals surface area contributed by atoms with Gasteiger partial charge in [-0.1, -0.05) is 0 Å². The maximum absolute atomic E-state index is 13.4. The number of ether oxygens (including phenoxy) is 1. The highest BCUT2D eigenvalue weighted by atomic mass is 32.2. The molecule has 0 fully saturated rings. The number of hydrogen-bond donors (Lipinski definition) is 1. The fraction of sp³-hybridized carbons (Fsp3) is 0.400. The van der Waals surface area contributed by atoms with Gasteiger partial charge in [0.25, 0.3) is 0 Å². The molecule has 0 heterocycles. The summed E-state index contributed by atoms with van der Waals surface area (Å²) in [5, 5.41) is -0.242. The van der Waals surface area contributed by atoms with Crippen LogP contribution in [0.4, 0.5) is 10.1 Å². The second-order valence-electron chi connectivity index (χ2n) is 3.25. The highest BCUT2D eigenvalue weighted by molar-refractivity contribution is 7.85. The number of methoxy groups -OCH3 is 1. The summed E-state index contributed by atoms with van der Waals surface area (Å²) < 4.78 is 30.1. The van der Waals surface area contributed by atoms with Crippen LogP contribution in [-0.4, -0.2) is 23.2 Å². The van der Waals surface area contributed by atoms with Gasteiger partial charge >= 0.3 is 0 Å². The van der Waals surface area contributed by atoms with Crippen LogP contribution in [0.1, 0.15) is 6.92 Å². The van der Waals surface area contributed by atoms with Crippen molar-refractivity contribution in [3.05, 3.63) is 24.0 Å². The van der Waals surface area contributed by atoms with Gasteiger partial charge in [0, 0.05) is 12.8 Å². The van der Waals surface area contributed by atoms with Crippen molar-refractivity contribution in [1.82, 2.24) is 0 Å². The third kappa shape index (κ3) is 3.00. The van der Waals surface area contributed by atoms with Gasteiger partial charge in [0.2, 0.25) is 0 Å². The van der Waals surface area contributed by atoms with E-state index in [1.54, 1.807) is 6.92 Å². The van der Waals surface area contributed by atoms with Crippen LogP contribution in [0.2, 0.25) is 0 Å². The normalized spacial score (nSPS) is 14.9. The molecule has 1 aromatic rings. The molecular formula is C10H14FNO2S. The van der Waals surface area contributed by atoms with Crippen molar-refractivity contribution >= 4 is 16.5 Å². The Hall–Kier alpha value is -0.940. The van der Waals surface area contributed by atoms with Gasteiger partial charge in [0.15, 0.2) is 0 Å². The fourth-order valence-corrected chi connectivity index (χ4v) is 2.34. The molecule has 0 aliphatic heterocycles. The Balaban J connectivity index is 2.91. The van der Waals surface area contributed by atoms with Gasteiger partial charge in [0.1, 0.15) is 5.82 Å². The van der Waals surface area contributed by atoms with E-state index in [4.69, 9.17) is 10.5 Å². The minimum Gasteiger partial charge on any atom is -0.399 e. The van der Waals surface area contributed by atoms with Gasteiger partial charge in [-0.15, -0.1) is 0 Å². The summed E-state index contributed by atoms with van der Waals surface area (Å²) in [7, 11) is 0.117. The topological polar surface area (TPSA) is 52.3 Å². The lowest BCUT2D eigenvalue weighted by atomic mass is 10.3. The van der Waals surface area contributed by atoms with E-state index in [1.807, 2.05) is 0 Å². The summed E-state index contributed by atoms with van der Waals surface area (Å²) in [6.07, 6.45) is 0. The lowest BCUT2D eigenvalue weighted by molar-refractivity contribution is 0.201. The van der Waals surface area contributed by atoms with E-state index >= 15 is 0 Å². The summed E-state index contributed by atoms with van der Waals surface area (Å²) in [6.45, 7) is 2.08. The first-order valence-corrected chi connectivity index (χ1v) is 5.72. The molecule has 15 heavy (non-hydrogen) atoms. The van der Waals surface area contributed by atoms with Crippen LogP contribution >= 0.6 is 0 Å². The summed E-state index contributed by atoms with van der Waals surface area (Å²) in [6, 6.07) is 4.16. The molecular weight excluding hydrogens is 217 g/mol. The van der Waals surface area contributed by atoms with Gasteiger partial charge in [-0.3, -0.25) is 4.21 Å². The minimum atomic E-state index is -1.40. The standard InChI is InChI=1S/C10H14FNO2S/c1-7(6-14-2)15(13)10-4-3-8(12)5-9(10)11/h3-5,7H,6,12H2,1-2H3. The number of benzene rings is 1. The van der Waals surface area contributed by atoms with E-state index in [-0.39, 0.29) is 10.1 Å². The van der Waals surface area contributed by atoms with Crippen molar-refractivity contribution in [2.45, 2.75) is 17.1 Å². The smallest absolute Gasteiger partial charge is 0.141 e. The van der Waals surface area contributed by atoms with E-state index < -0.39 is 16.6 Å². The molecule has 1 rings (SSSR count). The van der Waals surface area contributed by atoms with Gasteiger partial charge in [0.05, 0.1) is 27.6 Å². The highest BCUT2D eigenvalue weighted by Crippen LogP contribution is 2.18. The first-order chi connectivity index (χ1) is 7.06. The lowest BCUT2D eigenvalue weighted by Crippen LogP contribution is -2.18. The van der Waals surface area contributed by atoms with Gasteiger partial charge in [-0.05, 0) is 25.1 Å². The molecule has 84 valence electrons. The lowest BCUT2D eigenvalue weighted by Gasteiger charge is -2.11.